The van der Waals surface area contributed by atoms with Gasteiger partial charge in [-0.25, -0.2) is 0 Å². The van der Waals surface area contributed by atoms with Crippen LogP contribution in [0.15, 0.2) is 0 Å². The van der Waals surface area contributed by atoms with Gasteiger partial charge in [-0.3, -0.25) is 4.90 Å². The zero-order chi connectivity index (χ0) is 14.4. The zero-order valence-corrected chi connectivity index (χ0v) is 13.7. The predicted octanol–water partition coefficient (Wildman–Crippen LogP) is 3.93. The van der Waals surface area contributed by atoms with Crippen molar-refractivity contribution >= 4 is 0 Å². The van der Waals surface area contributed by atoms with Crippen molar-refractivity contribution in [2.75, 3.05) is 13.2 Å². The van der Waals surface area contributed by atoms with E-state index in [4.69, 9.17) is 5.11 Å². The van der Waals surface area contributed by atoms with E-state index in [2.05, 4.69) is 39.5 Å². The fourth-order valence-corrected chi connectivity index (χ4v) is 3.90. The van der Waals surface area contributed by atoms with Gasteiger partial charge in [0.1, 0.15) is 0 Å². The first-order chi connectivity index (χ1) is 8.97. The highest BCUT2D eigenvalue weighted by molar-refractivity contribution is 4.80. The van der Waals surface area contributed by atoms with Crippen LogP contribution < -0.4 is 0 Å². The van der Waals surface area contributed by atoms with Crippen molar-refractivity contribution in [3.63, 3.8) is 0 Å². The molecule has 2 rings (SSSR count). The summed E-state index contributed by atoms with van der Waals surface area (Å²) in [5.74, 6) is 2.96. The van der Waals surface area contributed by atoms with Gasteiger partial charge in [0.25, 0.3) is 0 Å². The molecule has 0 bridgehead atoms. The van der Waals surface area contributed by atoms with E-state index in [1.54, 1.807) is 0 Å². The van der Waals surface area contributed by atoms with E-state index in [1.165, 1.54) is 38.6 Å². The van der Waals surface area contributed by atoms with Crippen LogP contribution in [0, 0.1) is 17.8 Å². The lowest BCUT2D eigenvalue weighted by Gasteiger charge is -2.26. The number of hydrogen-bond donors (Lipinski definition) is 1. The topological polar surface area (TPSA) is 23.5 Å². The van der Waals surface area contributed by atoms with Crippen molar-refractivity contribution in [1.82, 2.24) is 4.90 Å². The third-order valence-corrected chi connectivity index (χ3v) is 5.08. The van der Waals surface area contributed by atoms with Crippen LogP contribution in [0.25, 0.3) is 0 Å². The summed E-state index contributed by atoms with van der Waals surface area (Å²) in [5, 5.41) is 8.94. The van der Waals surface area contributed by atoms with E-state index in [0.29, 0.717) is 18.7 Å². The molecule has 0 radical (unpaired) electrons. The lowest BCUT2D eigenvalue weighted by Crippen LogP contribution is -2.37. The van der Waals surface area contributed by atoms with Crippen molar-refractivity contribution in [1.29, 1.82) is 0 Å². The van der Waals surface area contributed by atoms with Crippen molar-refractivity contribution in [2.45, 2.75) is 78.8 Å². The number of rotatable bonds is 3. The molecule has 0 aromatic carbocycles. The molecular formula is C17H35NO. The monoisotopic (exact) mass is 269 g/mol. The highest BCUT2D eigenvalue weighted by Gasteiger charge is 2.25. The molecule has 0 aromatic heterocycles. The van der Waals surface area contributed by atoms with Crippen LogP contribution in [-0.2, 0) is 0 Å². The van der Waals surface area contributed by atoms with Crippen LogP contribution in [0.3, 0.4) is 0 Å². The second-order valence-electron chi connectivity index (χ2n) is 7.13. The maximum absolute atomic E-state index is 8.94. The maximum Gasteiger partial charge on any atom is 0.0586 e. The molecule has 19 heavy (non-hydrogen) atoms. The number of aliphatic hydroxyl groups excluding tert-OH is 1. The number of aliphatic hydroxyl groups is 1. The van der Waals surface area contributed by atoms with Crippen LogP contribution in [-0.4, -0.2) is 35.2 Å². The quantitative estimate of drug-likeness (QED) is 0.839. The summed E-state index contributed by atoms with van der Waals surface area (Å²) in [6, 6.07) is 1.04. The summed E-state index contributed by atoms with van der Waals surface area (Å²) < 4.78 is 0. The number of nitrogens with zero attached hydrogens (tertiary/aromatic N) is 1. The maximum atomic E-state index is 8.94. The molecule has 1 saturated heterocycles. The first-order valence-electron chi connectivity index (χ1n) is 8.34. The average molecular weight is 269 g/mol. The molecule has 2 aliphatic rings. The molecule has 114 valence electrons. The lowest BCUT2D eigenvalue weighted by molar-refractivity contribution is 0.133. The van der Waals surface area contributed by atoms with Crippen molar-refractivity contribution in [2.24, 2.45) is 17.8 Å². The second kappa shape index (κ2) is 8.26. The normalized spacial score (nSPS) is 31.9. The summed E-state index contributed by atoms with van der Waals surface area (Å²) >= 11 is 0. The first kappa shape index (κ1) is 17.0. The third-order valence-electron chi connectivity index (χ3n) is 5.08. The van der Waals surface area contributed by atoms with E-state index >= 15 is 0 Å². The predicted molar refractivity (Wildman–Crippen MR) is 83.3 cm³/mol. The largest absolute Gasteiger partial charge is 0.395 e. The number of likely N-dealkylation sites (tertiary alicyclic amines) is 1. The van der Waals surface area contributed by atoms with Crippen LogP contribution >= 0.6 is 0 Å². The Balaban J connectivity index is 0.000000191. The summed E-state index contributed by atoms with van der Waals surface area (Å²) in [5.41, 5.74) is 0. The smallest absolute Gasteiger partial charge is 0.0586 e. The molecular weight excluding hydrogens is 234 g/mol. The Labute approximate surface area is 120 Å². The Bertz CT molecular complexity index is 239. The molecule has 1 heterocycles. The summed E-state index contributed by atoms with van der Waals surface area (Å²) in [6.45, 7) is 13.0. The first-order valence-corrected chi connectivity index (χ1v) is 8.34. The molecule has 2 heteroatoms. The second-order valence-corrected chi connectivity index (χ2v) is 7.13. The van der Waals surface area contributed by atoms with Gasteiger partial charge in [-0.2, -0.15) is 0 Å². The molecule has 1 aliphatic carbocycles. The molecule has 0 spiro atoms. The SMILES string of the molecule is CC(C)C1CCCC1C.CC(C)N1CCCC1CO. The summed E-state index contributed by atoms with van der Waals surface area (Å²) in [7, 11) is 0. The Hall–Kier alpha value is -0.0800. The van der Waals surface area contributed by atoms with Crippen molar-refractivity contribution in [3.8, 4) is 0 Å². The molecule has 2 fully saturated rings. The highest BCUT2D eigenvalue weighted by atomic mass is 16.3. The fourth-order valence-electron chi connectivity index (χ4n) is 3.90. The fraction of sp³-hybridized carbons (Fsp3) is 1.00. The summed E-state index contributed by atoms with van der Waals surface area (Å²) in [4.78, 5) is 2.38. The lowest BCUT2D eigenvalue weighted by atomic mass is 9.87. The van der Waals surface area contributed by atoms with Gasteiger partial charge in [0.2, 0.25) is 0 Å². The summed E-state index contributed by atoms with van der Waals surface area (Å²) in [6.07, 6.45) is 6.86. The number of hydrogen-bond acceptors (Lipinski definition) is 2. The van der Waals surface area contributed by atoms with E-state index in [1.807, 2.05) is 0 Å². The van der Waals surface area contributed by atoms with E-state index in [9.17, 15) is 0 Å². The molecule has 1 saturated carbocycles. The van der Waals surface area contributed by atoms with Gasteiger partial charge in [0.05, 0.1) is 6.61 Å². The van der Waals surface area contributed by atoms with Gasteiger partial charge in [-0.1, -0.05) is 33.6 Å². The molecule has 3 unspecified atom stereocenters. The Morgan fingerprint density at radius 2 is 1.74 bits per heavy atom. The van der Waals surface area contributed by atoms with Gasteiger partial charge in [-0.05, 0) is 57.4 Å². The van der Waals surface area contributed by atoms with Crippen molar-refractivity contribution in [3.05, 3.63) is 0 Å². The zero-order valence-electron chi connectivity index (χ0n) is 13.7. The minimum Gasteiger partial charge on any atom is -0.395 e. The average Bonchev–Trinajstić information content (AvgIpc) is 2.97. The third kappa shape index (κ3) is 5.07. The van der Waals surface area contributed by atoms with Gasteiger partial charge in [-0.15, -0.1) is 0 Å². The molecule has 3 atom stereocenters. The minimum absolute atomic E-state index is 0.332. The Morgan fingerprint density at radius 1 is 1.05 bits per heavy atom. The molecule has 0 aromatic rings. The Kier molecular flexibility index (Phi) is 7.38. The van der Waals surface area contributed by atoms with E-state index in [0.717, 1.165) is 17.8 Å². The molecule has 1 aliphatic heterocycles. The van der Waals surface area contributed by atoms with Gasteiger partial charge < -0.3 is 5.11 Å². The van der Waals surface area contributed by atoms with Crippen LogP contribution in [0.1, 0.15) is 66.7 Å². The van der Waals surface area contributed by atoms with E-state index < -0.39 is 0 Å². The molecule has 2 nitrogen and oxygen atoms in total. The van der Waals surface area contributed by atoms with E-state index in [-0.39, 0.29) is 0 Å². The minimum atomic E-state index is 0.332. The Morgan fingerprint density at radius 3 is 2.05 bits per heavy atom. The van der Waals surface area contributed by atoms with Gasteiger partial charge in [0, 0.05) is 12.1 Å². The van der Waals surface area contributed by atoms with Gasteiger partial charge >= 0.3 is 0 Å². The van der Waals surface area contributed by atoms with Crippen LogP contribution in [0.5, 0.6) is 0 Å². The van der Waals surface area contributed by atoms with Crippen LogP contribution in [0.2, 0.25) is 0 Å². The van der Waals surface area contributed by atoms with Gasteiger partial charge in [0.15, 0.2) is 0 Å². The van der Waals surface area contributed by atoms with Crippen LogP contribution in [0.4, 0.5) is 0 Å². The highest BCUT2D eigenvalue weighted by Crippen LogP contribution is 2.35. The molecule has 0 amide bonds. The molecule has 1 N–H and O–H groups in total. The van der Waals surface area contributed by atoms with Crippen molar-refractivity contribution < 1.29 is 5.11 Å². The standard InChI is InChI=1S/C9H18.C8H17NO/c1-7(2)9-6-4-5-8(9)3;1-7(2)9-5-3-4-8(9)6-10/h7-9H,4-6H2,1-3H3;7-8,10H,3-6H2,1-2H3.